The molecule has 2 heterocycles. The van der Waals surface area contributed by atoms with Crippen LogP contribution in [-0.2, 0) is 7.05 Å². The molecule has 0 radical (unpaired) electrons. The predicted molar refractivity (Wildman–Crippen MR) is 85.4 cm³/mol. The van der Waals surface area contributed by atoms with Crippen LogP contribution >= 0.6 is 0 Å². The van der Waals surface area contributed by atoms with E-state index in [0.717, 1.165) is 32.2 Å². The highest BCUT2D eigenvalue weighted by molar-refractivity contribution is 5.78. The molecule has 1 fully saturated rings. The van der Waals surface area contributed by atoms with Crippen LogP contribution in [0.4, 0.5) is 10.1 Å². The van der Waals surface area contributed by atoms with Crippen molar-refractivity contribution in [1.29, 1.82) is 0 Å². The summed E-state index contributed by atoms with van der Waals surface area (Å²) < 4.78 is 14.7. The summed E-state index contributed by atoms with van der Waals surface area (Å²) in [5.74, 6) is 0.100. The third-order valence-corrected chi connectivity index (χ3v) is 4.51. The van der Waals surface area contributed by atoms with Crippen molar-refractivity contribution in [3.05, 3.63) is 34.5 Å². The zero-order chi connectivity index (χ0) is 15.7. The molecule has 0 unspecified atom stereocenters. The minimum Gasteiger partial charge on any atom is -0.380 e. The Morgan fingerprint density at radius 1 is 1.36 bits per heavy atom. The highest BCUT2D eigenvalue weighted by Crippen LogP contribution is 2.23. The molecule has 1 aliphatic rings. The number of nitrogens with two attached hydrogens (primary N) is 1. The van der Waals surface area contributed by atoms with Gasteiger partial charge in [-0.15, -0.1) is 0 Å². The average Bonchev–Trinajstić information content (AvgIpc) is 2.52. The molecule has 3 rings (SSSR count). The minimum absolute atomic E-state index is 0.160. The first-order valence-electron chi connectivity index (χ1n) is 7.69. The van der Waals surface area contributed by atoms with E-state index in [1.807, 2.05) is 0 Å². The molecule has 22 heavy (non-hydrogen) atoms. The number of rotatable bonds is 3. The Bertz CT molecular complexity index is 735. The van der Waals surface area contributed by atoms with Gasteiger partial charge >= 0.3 is 0 Å². The van der Waals surface area contributed by atoms with E-state index >= 15 is 0 Å². The lowest BCUT2D eigenvalue weighted by molar-refractivity contribution is 0.338. The molecule has 118 valence electrons. The Kier molecular flexibility index (Phi) is 4.11. The number of fused-ring (bicyclic) bond motifs is 1. The van der Waals surface area contributed by atoms with E-state index in [1.165, 1.54) is 16.8 Å². The number of anilines is 1. The highest BCUT2D eigenvalue weighted by atomic mass is 19.1. The second-order valence-electron chi connectivity index (χ2n) is 6.14. The lowest BCUT2D eigenvalue weighted by atomic mass is 9.86. The molecule has 0 atom stereocenters. The summed E-state index contributed by atoms with van der Waals surface area (Å²) in [6, 6.07) is 3.35. The maximum Gasteiger partial charge on any atom is 0.274 e. The van der Waals surface area contributed by atoms with Gasteiger partial charge in [-0.05, 0) is 37.7 Å². The van der Waals surface area contributed by atoms with Crippen molar-refractivity contribution in [2.45, 2.75) is 31.7 Å². The van der Waals surface area contributed by atoms with Crippen LogP contribution in [0.15, 0.2) is 23.1 Å². The molecule has 6 heteroatoms. The molecular formula is C16H21FN4O. The van der Waals surface area contributed by atoms with Crippen molar-refractivity contribution >= 4 is 16.7 Å². The third kappa shape index (κ3) is 2.97. The number of aromatic nitrogens is 2. The molecule has 1 aliphatic carbocycles. The molecule has 5 nitrogen and oxygen atoms in total. The van der Waals surface area contributed by atoms with E-state index in [1.54, 1.807) is 13.1 Å². The van der Waals surface area contributed by atoms with Crippen molar-refractivity contribution in [2.24, 2.45) is 18.7 Å². The van der Waals surface area contributed by atoms with Crippen LogP contribution in [0.2, 0.25) is 0 Å². The average molecular weight is 304 g/mol. The topological polar surface area (TPSA) is 72.9 Å². The molecule has 3 N–H and O–H groups in total. The molecule has 2 aromatic heterocycles. The van der Waals surface area contributed by atoms with Gasteiger partial charge in [-0.3, -0.25) is 9.78 Å². The Balaban J connectivity index is 1.80. The number of pyridine rings is 2. The van der Waals surface area contributed by atoms with E-state index in [4.69, 9.17) is 5.73 Å². The lowest BCUT2D eigenvalue weighted by Gasteiger charge is -2.26. The molecule has 0 saturated heterocycles. The molecule has 0 aromatic carbocycles. The third-order valence-electron chi connectivity index (χ3n) is 4.51. The lowest BCUT2D eigenvalue weighted by Crippen LogP contribution is -2.30. The van der Waals surface area contributed by atoms with E-state index in [0.29, 0.717) is 28.7 Å². The quantitative estimate of drug-likeness (QED) is 0.909. The van der Waals surface area contributed by atoms with Gasteiger partial charge in [0, 0.05) is 25.7 Å². The molecule has 0 amide bonds. The van der Waals surface area contributed by atoms with Crippen LogP contribution in [0.25, 0.3) is 11.0 Å². The van der Waals surface area contributed by atoms with Crippen molar-refractivity contribution in [3.63, 3.8) is 0 Å². The van der Waals surface area contributed by atoms with Crippen LogP contribution in [0.3, 0.4) is 0 Å². The molecule has 0 bridgehead atoms. The van der Waals surface area contributed by atoms with Crippen LogP contribution in [0, 0.1) is 11.7 Å². The van der Waals surface area contributed by atoms with E-state index in [9.17, 15) is 9.18 Å². The Labute approximate surface area is 128 Å². The number of hydrogen-bond donors (Lipinski definition) is 2. The Morgan fingerprint density at radius 3 is 2.82 bits per heavy atom. The summed E-state index contributed by atoms with van der Waals surface area (Å²) in [5.41, 5.74) is 7.38. The highest BCUT2D eigenvalue weighted by Gasteiger charge is 2.18. The van der Waals surface area contributed by atoms with Gasteiger partial charge in [-0.1, -0.05) is 0 Å². The predicted octanol–water partition coefficient (Wildman–Crippen LogP) is 2.00. The van der Waals surface area contributed by atoms with E-state index < -0.39 is 5.82 Å². The van der Waals surface area contributed by atoms with Gasteiger partial charge in [0.05, 0.1) is 17.2 Å². The minimum atomic E-state index is -0.443. The summed E-state index contributed by atoms with van der Waals surface area (Å²) in [6.07, 6.45) is 5.43. The fourth-order valence-electron chi connectivity index (χ4n) is 3.08. The summed E-state index contributed by atoms with van der Waals surface area (Å²) in [7, 11) is 1.64. The monoisotopic (exact) mass is 304 g/mol. The molecule has 1 saturated carbocycles. The fourth-order valence-corrected chi connectivity index (χ4v) is 3.08. The maximum absolute atomic E-state index is 13.3. The zero-order valence-electron chi connectivity index (χ0n) is 12.7. The van der Waals surface area contributed by atoms with Crippen molar-refractivity contribution in [3.8, 4) is 0 Å². The van der Waals surface area contributed by atoms with Gasteiger partial charge in [-0.2, -0.15) is 0 Å². The van der Waals surface area contributed by atoms with Crippen molar-refractivity contribution in [1.82, 2.24) is 9.55 Å². The van der Waals surface area contributed by atoms with Gasteiger partial charge in [0.15, 0.2) is 0 Å². The first-order chi connectivity index (χ1) is 10.5. The van der Waals surface area contributed by atoms with Gasteiger partial charge in [-0.25, -0.2) is 4.39 Å². The second kappa shape index (κ2) is 6.04. The van der Waals surface area contributed by atoms with Crippen LogP contribution in [0.5, 0.6) is 0 Å². The maximum atomic E-state index is 13.3. The second-order valence-corrected chi connectivity index (χ2v) is 6.14. The van der Waals surface area contributed by atoms with Crippen molar-refractivity contribution < 1.29 is 4.39 Å². The summed E-state index contributed by atoms with van der Waals surface area (Å²) in [6.45, 7) is 0.759. The first kappa shape index (κ1) is 15.0. The number of halogens is 1. The fraction of sp³-hybridized carbons (Fsp3) is 0.500. The zero-order valence-corrected chi connectivity index (χ0v) is 12.7. The summed E-state index contributed by atoms with van der Waals surface area (Å²) >= 11 is 0. The number of aryl methyl sites for hydroxylation is 1. The van der Waals surface area contributed by atoms with Gasteiger partial charge in [0.1, 0.15) is 11.5 Å². The molecule has 0 spiro atoms. The standard InChI is InChI=1S/C16H21FN4O/c1-21-15-6-11(17)9-20-13(15)7-14(16(21)22)19-8-10-2-4-12(18)5-3-10/h6-7,9-10,12,19H,2-5,8,18H2,1H3. The Morgan fingerprint density at radius 2 is 2.09 bits per heavy atom. The van der Waals surface area contributed by atoms with Crippen LogP contribution in [0.1, 0.15) is 25.7 Å². The van der Waals surface area contributed by atoms with Gasteiger partial charge < -0.3 is 15.6 Å². The SMILES string of the molecule is Cn1c(=O)c(NCC2CCC(N)CC2)cc2ncc(F)cc21. The molecule has 0 aliphatic heterocycles. The number of hydrogen-bond acceptors (Lipinski definition) is 4. The number of nitrogens with one attached hydrogen (secondary N) is 1. The molecule has 2 aromatic rings. The first-order valence-corrected chi connectivity index (χ1v) is 7.69. The summed E-state index contributed by atoms with van der Waals surface area (Å²) in [4.78, 5) is 16.4. The summed E-state index contributed by atoms with van der Waals surface area (Å²) in [5, 5.41) is 3.24. The smallest absolute Gasteiger partial charge is 0.274 e. The van der Waals surface area contributed by atoms with Crippen molar-refractivity contribution in [2.75, 3.05) is 11.9 Å². The van der Waals surface area contributed by atoms with E-state index in [2.05, 4.69) is 10.3 Å². The normalized spacial score (nSPS) is 22.0. The van der Waals surface area contributed by atoms with Gasteiger partial charge in [0.2, 0.25) is 0 Å². The van der Waals surface area contributed by atoms with Gasteiger partial charge in [0.25, 0.3) is 5.56 Å². The van der Waals surface area contributed by atoms with E-state index in [-0.39, 0.29) is 5.56 Å². The van der Waals surface area contributed by atoms with Crippen LogP contribution < -0.4 is 16.6 Å². The van der Waals surface area contributed by atoms with Crippen LogP contribution in [-0.4, -0.2) is 22.1 Å². The Hall–Kier alpha value is -1.95. The number of nitrogens with zero attached hydrogens (tertiary/aromatic N) is 2. The largest absolute Gasteiger partial charge is 0.380 e. The molecular weight excluding hydrogens is 283 g/mol.